The van der Waals surface area contributed by atoms with Crippen LogP contribution in [-0.2, 0) is 0 Å². The molecule has 0 bridgehead atoms. The van der Waals surface area contributed by atoms with Crippen LogP contribution < -0.4 is 11.1 Å². The number of aromatic nitrogens is 1. The van der Waals surface area contributed by atoms with E-state index in [0.717, 1.165) is 12.1 Å². The summed E-state index contributed by atoms with van der Waals surface area (Å²) in [5.74, 6) is -0.682. The molecule has 0 atom stereocenters. The third-order valence-corrected chi connectivity index (χ3v) is 2.94. The predicted molar refractivity (Wildman–Crippen MR) is 75.0 cm³/mol. The summed E-state index contributed by atoms with van der Waals surface area (Å²) in [5, 5.41) is 13.4. The molecular weight excluding hydrogens is 310 g/mol. The SMILES string of the molecule is Nc1ccc([N+](=O)[O-])c(Nc2c(Cl)cc(F)cc2Cl)n1. The smallest absolute Gasteiger partial charge is 0.311 e. The van der Waals surface area contributed by atoms with Gasteiger partial charge in [0.2, 0.25) is 5.82 Å². The lowest BCUT2D eigenvalue weighted by atomic mass is 10.3. The first kappa shape index (κ1) is 14.3. The van der Waals surface area contributed by atoms with Crippen LogP contribution in [0.1, 0.15) is 0 Å². The quantitative estimate of drug-likeness (QED) is 0.664. The van der Waals surface area contributed by atoms with Crippen LogP contribution in [-0.4, -0.2) is 9.91 Å². The van der Waals surface area contributed by atoms with E-state index < -0.39 is 10.7 Å². The van der Waals surface area contributed by atoms with Crippen LogP contribution in [0.3, 0.4) is 0 Å². The van der Waals surface area contributed by atoms with Gasteiger partial charge in [0.15, 0.2) is 0 Å². The molecular formula is C11H7Cl2FN4O2. The summed E-state index contributed by atoms with van der Waals surface area (Å²) in [5.41, 5.74) is 5.28. The Kier molecular flexibility index (Phi) is 3.91. The Balaban J connectivity index is 2.50. The van der Waals surface area contributed by atoms with E-state index in [4.69, 9.17) is 28.9 Å². The van der Waals surface area contributed by atoms with Crippen molar-refractivity contribution < 1.29 is 9.31 Å². The van der Waals surface area contributed by atoms with Gasteiger partial charge in [0.05, 0.1) is 20.7 Å². The van der Waals surface area contributed by atoms with Gasteiger partial charge in [-0.25, -0.2) is 9.37 Å². The maximum absolute atomic E-state index is 13.1. The van der Waals surface area contributed by atoms with E-state index in [2.05, 4.69) is 10.3 Å². The predicted octanol–water partition coefficient (Wildman–Crippen LogP) is 3.76. The monoisotopic (exact) mass is 316 g/mol. The molecule has 104 valence electrons. The van der Waals surface area contributed by atoms with Crippen molar-refractivity contribution in [2.45, 2.75) is 0 Å². The Labute approximate surface area is 122 Å². The number of halogens is 3. The van der Waals surface area contributed by atoms with Crippen LogP contribution in [0.15, 0.2) is 24.3 Å². The molecule has 3 N–H and O–H groups in total. The largest absolute Gasteiger partial charge is 0.384 e. The second kappa shape index (κ2) is 5.48. The summed E-state index contributed by atoms with van der Waals surface area (Å²) in [7, 11) is 0. The number of hydrogen-bond acceptors (Lipinski definition) is 5. The highest BCUT2D eigenvalue weighted by molar-refractivity contribution is 6.39. The van der Waals surface area contributed by atoms with Gasteiger partial charge < -0.3 is 11.1 Å². The van der Waals surface area contributed by atoms with Crippen LogP contribution in [0.2, 0.25) is 10.0 Å². The molecule has 2 aromatic rings. The molecule has 20 heavy (non-hydrogen) atoms. The van der Waals surface area contributed by atoms with Crippen molar-refractivity contribution in [3.63, 3.8) is 0 Å². The van der Waals surface area contributed by atoms with Gasteiger partial charge in [0, 0.05) is 6.07 Å². The number of rotatable bonds is 3. The number of pyridine rings is 1. The van der Waals surface area contributed by atoms with Crippen molar-refractivity contribution in [1.29, 1.82) is 0 Å². The lowest BCUT2D eigenvalue weighted by Crippen LogP contribution is -2.03. The lowest BCUT2D eigenvalue weighted by molar-refractivity contribution is -0.384. The zero-order valence-electron chi connectivity index (χ0n) is 9.73. The molecule has 0 fully saturated rings. The Morgan fingerprint density at radius 1 is 1.30 bits per heavy atom. The van der Waals surface area contributed by atoms with E-state index in [1.807, 2.05) is 0 Å². The molecule has 0 spiro atoms. The minimum Gasteiger partial charge on any atom is -0.384 e. The van der Waals surface area contributed by atoms with Gasteiger partial charge in [-0.3, -0.25) is 10.1 Å². The van der Waals surface area contributed by atoms with Crippen LogP contribution in [0.5, 0.6) is 0 Å². The number of nitrogen functional groups attached to an aromatic ring is 1. The number of nitrogens with one attached hydrogen (secondary N) is 1. The van der Waals surface area contributed by atoms with Crippen molar-refractivity contribution in [3.05, 3.63) is 50.2 Å². The Hall–Kier alpha value is -2.12. The van der Waals surface area contributed by atoms with E-state index in [1.165, 1.54) is 12.1 Å². The molecule has 6 nitrogen and oxygen atoms in total. The molecule has 1 aromatic heterocycles. The fourth-order valence-corrected chi connectivity index (χ4v) is 2.04. The van der Waals surface area contributed by atoms with Gasteiger partial charge >= 0.3 is 5.69 Å². The zero-order chi connectivity index (χ0) is 14.9. The van der Waals surface area contributed by atoms with Crippen molar-refractivity contribution in [1.82, 2.24) is 4.98 Å². The van der Waals surface area contributed by atoms with E-state index >= 15 is 0 Å². The highest BCUT2D eigenvalue weighted by Crippen LogP contribution is 2.35. The van der Waals surface area contributed by atoms with Crippen LogP contribution >= 0.6 is 23.2 Å². The van der Waals surface area contributed by atoms with Crippen LogP contribution in [0, 0.1) is 15.9 Å². The second-order valence-corrected chi connectivity index (χ2v) is 4.54. The maximum Gasteiger partial charge on any atom is 0.311 e. The molecule has 0 amide bonds. The zero-order valence-corrected chi connectivity index (χ0v) is 11.2. The first-order chi connectivity index (χ1) is 9.38. The van der Waals surface area contributed by atoms with Gasteiger partial charge in [-0.1, -0.05) is 23.2 Å². The third-order valence-electron chi connectivity index (χ3n) is 2.34. The second-order valence-electron chi connectivity index (χ2n) is 3.73. The van der Waals surface area contributed by atoms with E-state index in [1.54, 1.807) is 0 Å². The fourth-order valence-electron chi connectivity index (χ4n) is 1.49. The summed E-state index contributed by atoms with van der Waals surface area (Å²) >= 11 is 11.7. The molecule has 0 aliphatic heterocycles. The number of nitro groups is 1. The first-order valence-electron chi connectivity index (χ1n) is 5.21. The minimum absolute atomic E-state index is 0.0338. The average molecular weight is 317 g/mol. The van der Waals surface area contributed by atoms with E-state index in [-0.39, 0.29) is 33.1 Å². The Morgan fingerprint density at radius 2 is 1.90 bits per heavy atom. The number of benzene rings is 1. The summed E-state index contributed by atoms with van der Waals surface area (Å²) in [6.07, 6.45) is 0. The molecule has 0 saturated carbocycles. The Bertz CT molecular complexity index is 673. The molecule has 0 aliphatic carbocycles. The molecule has 2 rings (SSSR count). The number of nitrogens with two attached hydrogens (primary N) is 1. The van der Waals surface area contributed by atoms with E-state index in [9.17, 15) is 14.5 Å². The maximum atomic E-state index is 13.1. The van der Waals surface area contributed by atoms with Crippen molar-refractivity contribution in [3.8, 4) is 0 Å². The standard InChI is InChI=1S/C11H7Cl2FN4O2/c12-6-3-5(14)4-7(13)10(6)17-11-8(18(19)20)1-2-9(15)16-11/h1-4H,(H3,15,16,17). The van der Waals surface area contributed by atoms with Crippen molar-refractivity contribution >= 4 is 46.2 Å². The molecule has 0 saturated heterocycles. The van der Waals surface area contributed by atoms with Crippen molar-refractivity contribution in [2.75, 3.05) is 11.1 Å². The van der Waals surface area contributed by atoms with Gasteiger partial charge in [-0.15, -0.1) is 0 Å². The van der Waals surface area contributed by atoms with Crippen LogP contribution in [0.25, 0.3) is 0 Å². The highest BCUT2D eigenvalue weighted by atomic mass is 35.5. The lowest BCUT2D eigenvalue weighted by Gasteiger charge is -2.10. The van der Waals surface area contributed by atoms with E-state index in [0.29, 0.717) is 0 Å². The normalized spacial score (nSPS) is 10.3. The number of nitrogens with zero attached hydrogens (tertiary/aromatic N) is 2. The average Bonchev–Trinajstić information content (AvgIpc) is 2.33. The first-order valence-corrected chi connectivity index (χ1v) is 5.96. The number of anilines is 3. The summed E-state index contributed by atoms with van der Waals surface area (Å²) in [6.45, 7) is 0. The summed E-state index contributed by atoms with van der Waals surface area (Å²) in [4.78, 5) is 14.1. The third kappa shape index (κ3) is 2.89. The number of hydrogen-bond donors (Lipinski definition) is 2. The van der Waals surface area contributed by atoms with Gasteiger partial charge in [0.25, 0.3) is 0 Å². The van der Waals surface area contributed by atoms with Gasteiger partial charge in [0.1, 0.15) is 11.6 Å². The molecule has 9 heteroatoms. The molecule has 1 heterocycles. The Morgan fingerprint density at radius 3 is 2.45 bits per heavy atom. The molecule has 1 aromatic carbocycles. The molecule has 0 unspecified atom stereocenters. The minimum atomic E-state index is -0.639. The topological polar surface area (TPSA) is 94.1 Å². The van der Waals surface area contributed by atoms with Crippen molar-refractivity contribution in [2.24, 2.45) is 0 Å². The molecule has 0 aliphatic rings. The summed E-state index contributed by atoms with van der Waals surface area (Å²) < 4.78 is 13.1. The highest BCUT2D eigenvalue weighted by Gasteiger charge is 2.18. The molecule has 0 radical (unpaired) electrons. The van der Waals surface area contributed by atoms with Crippen LogP contribution in [0.4, 0.5) is 27.4 Å². The summed E-state index contributed by atoms with van der Waals surface area (Å²) in [6, 6.07) is 4.52. The van der Waals surface area contributed by atoms with Gasteiger partial charge in [-0.05, 0) is 18.2 Å². The van der Waals surface area contributed by atoms with Gasteiger partial charge in [-0.2, -0.15) is 0 Å². The fraction of sp³-hybridized carbons (Fsp3) is 0.